The maximum Gasteiger partial charge on any atom is 0.343 e. The van der Waals surface area contributed by atoms with Crippen LogP contribution in [-0.4, -0.2) is 17.9 Å². The lowest BCUT2D eigenvalue weighted by Gasteiger charge is -2.09. The summed E-state index contributed by atoms with van der Waals surface area (Å²) in [4.78, 5) is 35.9. The molecule has 6 nitrogen and oxygen atoms in total. The normalized spacial score (nSPS) is 10.3. The summed E-state index contributed by atoms with van der Waals surface area (Å²) in [6, 6.07) is 24.1. The van der Waals surface area contributed by atoms with E-state index in [-0.39, 0.29) is 22.6 Å². The maximum absolute atomic E-state index is 14.9. The van der Waals surface area contributed by atoms with Crippen LogP contribution in [0.15, 0.2) is 116 Å². The molecule has 4 aromatic carbocycles. The summed E-state index contributed by atoms with van der Waals surface area (Å²) in [6.45, 7) is 8.41. The number of carbonyl (C=O) groups is 3. The molecule has 4 aromatic rings. The predicted octanol–water partition coefficient (Wildman–Crippen LogP) is 7.16. The molecule has 0 unspecified atom stereocenters. The molecule has 0 bridgehead atoms. The fourth-order valence-corrected chi connectivity index (χ4v) is 3.60. The minimum Gasteiger partial charge on any atom is -0.432 e. The Morgan fingerprint density at radius 2 is 1.21 bits per heavy atom. The third kappa shape index (κ3) is 6.53. The van der Waals surface area contributed by atoms with Crippen LogP contribution in [0.1, 0.15) is 27.6 Å². The summed E-state index contributed by atoms with van der Waals surface area (Å²) in [5.74, 6) is -2.00. The lowest BCUT2D eigenvalue weighted by Crippen LogP contribution is -2.10. The molecule has 0 aromatic heterocycles. The van der Waals surface area contributed by atoms with Gasteiger partial charge in [-0.2, -0.15) is 0 Å². The minimum atomic E-state index is -0.687. The molecule has 0 fully saturated rings. The summed E-state index contributed by atoms with van der Waals surface area (Å²) < 4.78 is 30.1. The number of hydrogen-bond donors (Lipinski definition) is 0. The van der Waals surface area contributed by atoms with Crippen LogP contribution in [0.5, 0.6) is 11.5 Å². The Kier molecular flexibility index (Phi) is 8.12. The van der Waals surface area contributed by atoms with Crippen molar-refractivity contribution < 1.29 is 33.0 Å². The second-order valence-electron chi connectivity index (χ2n) is 8.45. The Bertz CT molecular complexity index is 1550. The molecular formula is C32H23FO6. The largest absolute Gasteiger partial charge is 0.432 e. The first-order valence-corrected chi connectivity index (χ1v) is 11.8. The zero-order chi connectivity index (χ0) is 27.9. The van der Waals surface area contributed by atoms with Crippen molar-refractivity contribution in [3.8, 4) is 33.8 Å². The van der Waals surface area contributed by atoms with E-state index in [0.717, 1.165) is 23.5 Å². The fourth-order valence-electron chi connectivity index (χ4n) is 3.60. The van der Waals surface area contributed by atoms with Crippen molar-refractivity contribution in [2.45, 2.75) is 6.92 Å². The highest BCUT2D eigenvalue weighted by molar-refractivity contribution is 5.92. The predicted molar refractivity (Wildman–Crippen MR) is 145 cm³/mol. The molecular weight excluding hydrogens is 499 g/mol. The highest BCUT2D eigenvalue weighted by Crippen LogP contribution is 2.29. The van der Waals surface area contributed by atoms with E-state index < -0.39 is 23.7 Å². The first kappa shape index (κ1) is 26.8. The SMILES string of the molecule is C=COC(=O)c1ccc(-c2ccc(-c3ccc(OC(=O)c4ccc(OC(=O)C(=C)C)cc4)cc3F)cc2)cc1. The molecule has 0 saturated carbocycles. The van der Waals surface area contributed by atoms with E-state index in [4.69, 9.17) is 14.2 Å². The summed E-state index contributed by atoms with van der Waals surface area (Å²) in [7, 11) is 0. The van der Waals surface area contributed by atoms with Crippen molar-refractivity contribution >= 4 is 17.9 Å². The molecule has 0 spiro atoms. The average molecular weight is 523 g/mol. The Morgan fingerprint density at radius 1 is 0.692 bits per heavy atom. The van der Waals surface area contributed by atoms with Gasteiger partial charge in [0.2, 0.25) is 0 Å². The topological polar surface area (TPSA) is 78.9 Å². The number of halogens is 1. The van der Waals surface area contributed by atoms with Crippen LogP contribution >= 0.6 is 0 Å². The number of ether oxygens (including phenoxy) is 3. The quantitative estimate of drug-likeness (QED) is 0.106. The average Bonchev–Trinajstić information content (AvgIpc) is 2.94. The summed E-state index contributed by atoms with van der Waals surface area (Å²) in [6.07, 6.45) is 1.08. The molecule has 0 N–H and O–H groups in total. The van der Waals surface area contributed by atoms with E-state index in [1.807, 2.05) is 12.1 Å². The zero-order valence-electron chi connectivity index (χ0n) is 21.0. The van der Waals surface area contributed by atoms with Crippen LogP contribution in [-0.2, 0) is 9.53 Å². The zero-order valence-corrected chi connectivity index (χ0v) is 21.0. The molecule has 7 heteroatoms. The van der Waals surface area contributed by atoms with Gasteiger partial charge in [-0.1, -0.05) is 49.6 Å². The Balaban J connectivity index is 1.42. The molecule has 0 radical (unpaired) electrons. The second-order valence-corrected chi connectivity index (χ2v) is 8.45. The molecule has 194 valence electrons. The van der Waals surface area contributed by atoms with Gasteiger partial charge in [0, 0.05) is 17.2 Å². The van der Waals surface area contributed by atoms with Crippen molar-refractivity contribution in [3.63, 3.8) is 0 Å². The maximum atomic E-state index is 14.9. The molecule has 0 aliphatic heterocycles. The van der Waals surface area contributed by atoms with Crippen molar-refractivity contribution in [1.82, 2.24) is 0 Å². The molecule has 39 heavy (non-hydrogen) atoms. The Labute approximate surface area is 224 Å². The molecule has 0 atom stereocenters. The van der Waals surface area contributed by atoms with Gasteiger partial charge in [-0.15, -0.1) is 0 Å². The highest BCUT2D eigenvalue weighted by atomic mass is 19.1. The van der Waals surface area contributed by atoms with Crippen molar-refractivity contribution in [2.75, 3.05) is 0 Å². The van der Waals surface area contributed by atoms with E-state index in [1.165, 1.54) is 43.3 Å². The van der Waals surface area contributed by atoms with Crippen molar-refractivity contribution in [1.29, 1.82) is 0 Å². The van der Waals surface area contributed by atoms with Crippen LogP contribution < -0.4 is 9.47 Å². The third-order valence-electron chi connectivity index (χ3n) is 5.64. The summed E-state index contributed by atoms with van der Waals surface area (Å²) >= 11 is 0. The van der Waals surface area contributed by atoms with Gasteiger partial charge in [-0.05, 0) is 72.1 Å². The standard InChI is InChI=1S/C32H23FO6/c1-4-37-31(35)24-11-7-22(8-12-24)21-5-9-23(10-6-21)28-18-17-27(19-29(28)33)39-32(36)25-13-15-26(16-14-25)38-30(34)20(2)3/h4-19H,1-2H2,3H3. The van der Waals surface area contributed by atoms with Gasteiger partial charge >= 0.3 is 17.9 Å². The first-order chi connectivity index (χ1) is 18.7. The first-order valence-electron chi connectivity index (χ1n) is 11.8. The lowest BCUT2D eigenvalue weighted by molar-refractivity contribution is -0.130. The van der Waals surface area contributed by atoms with Crippen molar-refractivity contribution in [3.05, 3.63) is 133 Å². The van der Waals surface area contributed by atoms with Crippen LogP contribution in [0.25, 0.3) is 22.3 Å². The van der Waals surface area contributed by atoms with Crippen LogP contribution in [0.3, 0.4) is 0 Å². The van der Waals surface area contributed by atoms with Gasteiger partial charge in [-0.25, -0.2) is 18.8 Å². The number of hydrogen-bond acceptors (Lipinski definition) is 6. The van der Waals surface area contributed by atoms with E-state index in [9.17, 15) is 18.8 Å². The van der Waals surface area contributed by atoms with Gasteiger partial charge in [0.1, 0.15) is 17.3 Å². The van der Waals surface area contributed by atoms with Gasteiger partial charge in [-0.3, -0.25) is 0 Å². The van der Waals surface area contributed by atoms with Crippen LogP contribution in [0, 0.1) is 5.82 Å². The number of carbonyl (C=O) groups excluding carboxylic acids is 3. The van der Waals surface area contributed by atoms with E-state index in [1.54, 1.807) is 36.4 Å². The fraction of sp³-hybridized carbons (Fsp3) is 0.0312. The van der Waals surface area contributed by atoms with Gasteiger partial charge in [0.05, 0.1) is 17.4 Å². The lowest BCUT2D eigenvalue weighted by atomic mass is 9.99. The number of benzene rings is 4. The van der Waals surface area contributed by atoms with E-state index >= 15 is 0 Å². The molecule has 0 amide bonds. The van der Waals surface area contributed by atoms with E-state index in [2.05, 4.69) is 13.2 Å². The Hall–Kier alpha value is -5.30. The second kappa shape index (κ2) is 11.8. The summed E-state index contributed by atoms with van der Waals surface area (Å²) in [5.41, 5.74) is 3.59. The highest BCUT2D eigenvalue weighted by Gasteiger charge is 2.13. The molecule has 0 saturated heterocycles. The smallest absolute Gasteiger partial charge is 0.343 e. The van der Waals surface area contributed by atoms with Crippen LogP contribution in [0.4, 0.5) is 4.39 Å². The van der Waals surface area contributed by atoms with Crippen LogP contribution in [0.2, 0.25) is 0 Å². The number of rotatable bonds is 8. The van der Waals surface area contributed by atoms with Gasteiger partial charge < -0.3 is 14.2 Å². The molecule has 0 aliphatic carbocycles. The van der Waals surface area contributed by atoms with Gasteiger partial charge in [0.15, 0.2) is 0 Å². The monoisotopic (exact) mass is 522 g/mol. The Morgan fingerprint density at radius 3 is 1.77 bits per heavy atom. The van der Waals surface area contributed by atoms with Crippen molar-refractivity contribution in [2.24, 2.45) is 0 Å². The summed E-state index contributed by atoms with van der Waals surface area (Å²) in [5, 5.41) is 0. The molecule has 0 heterocycles. The number of esters is 3. The van der Waals surface area contributed by atoms with Gasteiger partial charge in [0.25, 0.3) is 0 Å². The molecule has 0 aliphatic rings. The minimum absolute atomic E-state index is 0.0470. The third-order valence-corrected chi connectivity index (χ3v) is 5.64. The molecule has 4 rings (SSSR count). The van der Waals surface area contributed by atoms with E-state index in [0.29, 0.717) is 16.7 Å².